The Hall–Kier alpha value is -1.69. The zero-order valence-corrected chi connectivity index (χ0v) is 17.4. The van der Waals surface area contributed by atoms with Crippen molar-refractivity contribution in [2.24, 2.45) is 0 Å². The Morgan fingerprint density at radius 3 is 2.37 bits per heavy atom. The van der Waals surface area contributed by atoms with Crippen LogP contribution in [0.4, 0.5) is 5.82 Å². The summed E-state index contributed by atoms with van der Waals surface area (Å²) in [7, 11) is 0. The fraction of sp³-hybridized carbons (Fsp3) is 0.524. The highest BCUT2D eigenvalue weighted by Gasteiger charge is 2.25. The topological polar surface area (TPSA) is 52.5 Å². The van der Waals surface area contributed by atoms with Gasteiger partial charge in [-0.25, -0.2) is 9.97 Å². The molecule has 1 N–H and O–H groups in total. The molecule has 1 saturated heterocycles. The van der Waals surface area contributed by atoms with Crippen molar-refractivity contribution in [2.75, 3.05) is 37.6 Å². The van der Waals surface area contributed by atoms with Gasteiger partial charge in [-0.2, -0.15) is 0 Å². The van der Waals surface area contributed by atoms with Gasteiger partial charge in [-0.1, -0.05) is 29.8 Å². The lowest BCUT2D eigenvalue weighted by Crippen LogP contribution is -2.51. The first kappa shape index (κ1) is 20.1. The van der Waals surface area contributed by atoms with Gasteiger partial charge in [-0.15, -0.1) is 0 Å². The molecule has 3 rings (SSSR count). The number of aromatic nitrogens is 2. The van der Waals surface area contributed by atoms with Gasteiger partial charge in [0.2, 0.25) is 0 Å². The summed E-state index contributed by atoms with van der Waals surface area (Å²) in [4.78, 5) is 14.0. The molecule has 1 aromatic carbocycles. The summed E-state index contributed by atoms with van der Waals surface area (Å²) in [6.07, 6.45) is 0.727. The standard InChI is InChI=1S/C21H29ClN4O/c1-15-18(13-17-7-5-6-8-19(17)22)20(24-16(2)23-15)26-11-9-25(10-12-26)14-21(3,4)27/h5-8,27H,9-14H2,1-4H3. The van der Waals surface area contributed by atoms with E-state index in [0.29, 0.717) is 6.54 Å². The molecule has 0 radical (unpaired) electrons. The molecule has 1 fully saturated rings. The lowest BCUT2D eigenvalue weighted by molar-refractivity contribution is 0.0344. The largest absolute Gasteiger partial charge is 0.389 e. The Kier molecular flexibility index (Phi) is 6.04. The molecule has 0 saturated carbocycles. The predicted octanol–water partition coefficient (Wildman–Crippen LogP) is 3.23. The predicted molar refractivity (Wildman–Crippen MR) is 111 cm³/mol. The zero-order valence-electron chi connectivity index (χ0n) is 16.7. The molecular formula is C21H29ClN4O. The average Bonchev–Trinajstić information content (AvgIpc) is 2.58. The highest BCUT2D eigenvalue weighted by Crippen LogP contribution is 2.27. The fourth-order valence-corrected chi connectivity index (χ4v) is 3.89. The molecule has 0 spiro atoms. The minimum absolute atomic E-state index is 0.667. The normalized spacial score (nSPS) is 16.0. The van der Waals surface area contributed by atoms with Crippen LogP contribution in [0.3, 0.4) is 0 Å². The number of aryl methyl sites for hydroxylation is 2. The van der Waals surface area contributed by atoms with Crippen molar-refractivity contribution in [3.8, 4) is 0 Å². The maximum atomic E-state index is 10.1. The van der Waals surface area contributed by atoms with Gasteiger partial charge >= 0.3 is 0 Å². The molecule has 1 aliphatic heterocycles. The molecule has 0 aliphatic carbocycles. The average molecular weight is 389 g/mol. The summed E-state index contributed by atoms with van der Waals surface area (Å²) < 4.78 is 0. The quantitative estimate of drug-likeness (QED) is 0.852. The third-order valence-corrected chi connectivity index (χ3v) is 5.28. The first-order chi connectivity index (χ1) is 12.7. The highest BCUT2D eigenvalue weighted by molar-refractivity contribution is 6.31. The van der Waals surface area contributed by atoms with E-state index in [-0.39, 0.29) is 0 Å². The van der Waals surface area contributed by atoms with E-state index < -0.39 is 5.60 Å². The summed E-state index contributed by atoms with van der Waals surface area (Å²) in [5.74, 6) is 1.81. The van der Waals surface area contributed by atoms with Gasteiger partial charge in [0.15, 0.2) is 0 Å². The second kappa shape index (κ2) is 8.13. The molecule has 1 aliphatic rings. The van der Waals surface area contributed by atoms with E-state index in [1.165, 1.54) is 0 Å². The van der Waals surface area contributed by atoms with Crippen LogP contribution in [-0.4, -0.2) is 58.3 Å². The van der Waals surface area contributed by atoms with Crippen LogP contribution in [0.1, 0.15) is 36.5 Å². The Labute approximate surface area is 167 Å². The molecular weight excluding hydrogens is 360 g/mol. The van der Waals surface area contributed by atoms with Gasteiger partial charge in [0.25, 0.3) is 0 Å². The molecule has 5 nitrogen and oxygen atoms in total. The Morgan fingerprint density at radius 1 is 1.07 bits per heavy atom. The first-order valence-corrected chi connectivity index (χ1v) is 9.88. The molecule has 2 aromatic rings. The third-order valence-electron chi connectivity index (χ3n) is 4.91. The van der Waals surface area contributed by atoms with E-state index in [4.69, 9.17) is 16.6 Å². The number of aliphatic hydroxyl groups is 1. The summed E-state index contributed by atoms with van der Waals surface area (Å²) in [5.41, 5.74) is 2.58. The van der Waals surface area contributed by atoms with Crippen LogP contribution < -0.4 is 4.90 Å². The monoisotopic (exact) mass is 388 g/mol. The molecule has 0 unspecified atom stereocenters. The molecule has 0 bridgehead atoms. The fourth-order valence-electron chi connectivity index (χ4n) is 3.68. The molecule has 0 amide bonds. The second-order valence-electron chi connectivity index (χ2n) is 8.00. The lowest BCUT2D eigenvalue weighted by atomic mass is 10.0. The highest BCUT2D eigenvalue weighted by atomic mass is 35.5. The van der Waals surface area contributed by atoms with Crippen molar-refractivity contribution in [3.05, 3.63) is 51.9 Å². The lowest BCUT2D eigenvalue weighted by Gasteiger charge is -2.38. The van der Waals surface area contributed by atoms with Gasteiger partial charge in [-0.05, 0) is 39.3 Å². The number of benzene rings is 1. The first-order valence-electron chi connectivity index (χ1n) is 9.50. The van der Waals surface area contributed by atoms with Crippen LogP contribution >= 0.6 is 11.6 Å². The van der Waals surface area contributed by atoms with Gasteiger partial charge in [0.1, 0.15) is 11.6 Å². The minimum Gasteiger partial charge on any atom is -0.389 e. The van der Waals surface area contributed by atoms with E-state index >= 15 is 0 Å². The molecule has 2 heterocycles. The molecule has 1 aromatic heterocycles. The van der Waals surface area contributed by atoms with Crippen molar-refractivity contribution >= 4 is 17.4 Å². The molecule has 146 valence electrons. The number of nitrogens with zero attached hydrogens (tertiary/aromatic N) is 4. The Morgan fingerprint density at radius 2 is 1.74 bits per heavy atom. The van der Waals surface area contributed by atoms with Crippen LogP contribution in [-0.2, 0) is 6.42 Å². The van der Waals surface area contributed by atoms with E-state index in [2.05, 4.69) is 27.8 Å². The van der Waals surface area contributed by atoms with Crippen molar-refractivity contribution in [1.29, 1.82) is 0 Å². The van der Waals surface area contributed by atoms with Crippen LogP contribution in [0.5, 0.6) is 0 Å². The molecule has 6 heteroatoms. The van der Waals surface area contributed by atoms with Crippen LogP contribution in [0.15, 0.2) is 24.3 Å². The summed E-state index contributed by atoms with van der Waals surface area (Å²) in [6.45, 7) is 12.0. The zero-order chi connectivity index (χ0) is 19.6. The number of β-amino-alcohol motifs (C(OH)–C–C–N with tert-alkyl or cyclic N) is 1. The number of hydrogen-bond acceptors (Lipinski definition) is 5. The van der Waals surface area contributed by atoms with Gasteiger partial charge in [0, 0.05) is 55.4 Å². The SMILES string of the molecule is Cc1nc(C)c(Cc2ccccc2Cl)c(N2CCN(CC(C)(C)O)CC2)n1. The van der Waals surface area contributed by atoms with E-state index in [1.54, 1.807) is 0 Å². The Balaban J connectivity index is 1.82. The number of hydrogen-bond donors (Lipinski definition) is 1. The van der Waals surface area contributed by atoms with E-state index in [9.17, 15) is 5.11 Å². The van der Waals surface area contributed by atoms with Gasteiger partial charge in [0.05, 0.1) is 5.60 Å². The van der Waals surface area contributed by atoms with Crippen molar-refractivity contribution in [2.45, 2.75) is 39.7 Å². The third kappa shape index (κ3) is 5.18. The Bertz CT molecular complexity index is 795. The number of rotatable bonds is 5. The number of piperazine rings is 1. The van der Waals surface area contributed by atoms with Crippen LogP contribution in [0.2, 0.25) is 5.02 Å². The number of halogens is 1. The molecule has 0 atom stereocenters. The van der Waals surface area contributed by atoms with Crippen molar-refractivity contribution in [1.82, 2.24) is 14.9 Å². The number of anilines is 1. The summed E-state index contributed by atoms with van der Waals surface area (Å²) >= 11 is 6.39. The van der Waals surface area contributed by atoms with Gasteiger partial charge < -0.3 is 10.0 Å². The van der Waals surface area contributed by atoms with Gasteiger partial charge in [-0.3, -0.25) is 4.90 Å². The smallest absolute Gasteiger partial charge is 0.136 e. The summed E-state index contributed by atoms with van der Waals surface area (Å²) in [5, 5.41) is 10.8. The van der Waals surface area contributed by atoms with E-state index in [0.717, 1.165) is 66.1 Å². The van der Waals surface area contributed by atoms with Crippen molar-refractivity contribution < 1.29 is 5.11 Å². The van der Waals surface area contributed by atoms with Crippen LogP contribution in [0.25, 0.3) is 0 Å². The minimum atomic E-state index is -0.667. The molecule has 27 heavy (non-hydrogen) atoms. The van der Waals surface area contributed by atoms with E-state index in [1.807, 2.05) is 39.0 Å². The maximum Gasteiger partial charge on any atom is 0.136 e. The van der Waals surface area contributed by atoms with Crippen LogP contribution in [0, 0.1) is 13.8 Å². The summed E-state index contributed by atoms with van der Waals surface area (Å²) in [6, 6.07) is 7.96. The second-order valence-corrected chi connectivity index (χ2v) is 8.41. The van der Waals surface area contributed by atoms with Crippen molar-refractivity contribution in [3.63, 3.8) is 0 Å². The maximum absolute atomic E-state index is 10.1.